The molecule has 2 aromatic rings. The number of benzene rings is 2. The predicted molar refractivity (Wildman–Crippen MR) is 73.3 cm³/mol. The lowest BCUT2D eigenvalue weighted by Gasteiger charge is -2.19. The van der Waals surface area contributed by atoms with Crippen LogP contribution >= 0.6 is 0 Å². The van der Waals surface area contributed by atoms with Gasteiger partial charge < -0.3 is 4.74 Å². The third kappa shape index (κ3) is 2.92. The standard InChI is InChI=1S/C15H17FN2O/c1-10-8-13(19-2)6-7-14(10)15(18-17)11-4-3-5-12(16)9-11/h3-9,15,18H,17H2,1-2H3. The molecule has 0 saturated carbocycles. The van der Waals surface area contributed by atoms with Crippen LogP contribution in [0.1, 0.15) is 22.7 Å². The van der Waals surface area contributed by atoms with Crippen LogP contribution in [-0.2, 0) is 0 Å². The fourth-order valence-corrected chi connectivity index (χ4v) is 2.15. The second-order valence-corrected chi connectivity index (χ2v) is 4.38. The average Bonchev–Trinajstić information content (AvgIpc) is 2.41. The van der Waals surface area contributed by atoms with Crippen LogP contribution in [0.5, 0.6) is 5.75 Å². The molecule has 1 atom stereocenters. The van der Waals surface area contributed by atoms with Gasteiger partial charge in [0.15, 0.2) is 0 Å². The minimum Gasteiger partial charge on any atom is -0.497 e. The van der Waals surface area contributed by atoms with Crippen LogP contribution in [0.4, 0.5) is 4.39 Å². The number of hydrazine groups is 1. The monoisotopic (exact) mass is 260 g/mol. The van der Waals surface area contributed by atoms with Crippen molar-refractivity contribution in [3.05, 3.63) is 65.0 Å². The molecule has 0 bridgehead atoms. The molecule has 2 rings (SSSR count). The molecule has 2 aromatic carbocycles. The summed E-state index contributed by atoms with van der Waals surface area (Å²) in [5, 5.41) is 0. The Morgan fingerprint density at radius 2 is 2.00 bits per heavy atom. The maximum Gasteiger partial charge on any atom is 0.123 e. The maximum absolute atomic E-state index is 13.3. The Morgan fingerprint density at radius 3 is 2.58 bits per heavy atom. The van der Waals surface area contributed by atoms with Gasteiger partial charge in [-0.3, -0.25) is 5.84 Å². The first kappa shape index (κ1) is 13.5. The number of methoxy groups -OCH3 is 1. The lowest BCUT2D eigenvalue weighted by Crippen LogP contribution is -2.29. The van der Waals surface area contributed by atoms with Gasteiger partial charge in [0.05, 0.1) is 13.2 Å². The predicted octanol–water partition coefficient (Wildman–Crippen LogP) is 2.70. The van der Waals surface area contributed by atoms with Crippen molar-refractivity contribution in [1.82, 2.24) is 5.43 Å². The molecule has 0 heterocycles. The van der Waals surface area contributed by atoms with E-state index in [1.54, 1.807) is 13.2 Å². The van der Waals surface area contributed by atoms with Crippen LogP contribution in [0, 0.1) is 12.7 Å². The van der Waals surface area contributed by atoms with E-state index in [9.17, 15) is 4.39 Å². The molecule has 0 aromatic heterocycles. The summed E-state index contributed by atoms with van der Waals surface area (Å²) in [6.45, 7) is 1.97. The van der Waals surface area contributed by atoms with Crippen molar-refractivity contribution in [1.29, 1.82) is 0 Å². The molecule has 4 heteroatoms. The topological polar surface area (TPSA) is 47.3 Å². The van der Waals surface area contributed by atoms with E-state index in [0.717, 1.165) is 22.4 Å². The number of halogens is 1. The Balaban J connectivity index is 2.42. The summed E-state index contributed by atoms with van der Waals surface area (Å²) in [6, 6.07) is 11.9. The Bertz CT molecular complexity index is 572. The first-order valence-electron chi connectivity index (χ1n) is 6.02. The van der Waals surface area contributed by atoms with Crippen molar-refractivity contribution >= 4 is 0 Å². The highest BCUT2D eigenvalue weighted by atomic mass is 19.1. The Hall–Kier alpha value is -1.91. The molecule has 0 aliphatic rings. The molecule has 3 nitrogen and oxygen atoms in total. The molecule has 0 radical (unpaired) electrons. The van der Waals surface area contributed by atoms with Crippen molar-refractivity contribution in [2.75, 3.05) is 7.11 Å². The molecule has 0 saturated heterocycles. The number of rotatable bonds is 4. The van der Waals surface area contributed by atoms with E-state index in [-0.39, 0.29) is 11.9 Å². The second kappa shape index (κ2) is 5.82. The van der Waals surface area contributed by atoms with E-state index in [1.807, 2.05) is 31.2 Å². The SMILES string of the molecule is COc1ccc(C(NN)c2cccc(F)c2)c(C)c1. The highest BCUT2D eigenvalue weighted by molar-refractivity contribution is 5.41. The average molecular weight is 260 g/mol. The Labute approximate surface area is 112 Å². The molecule has 3 N–H and O–H groups in total. The molecule has 0 spiro atoms. The van der Waals surface area contributed by atoms with Gasteiger partial charge in [0.25, 0.3) is 0 Å². The van der Waals surface area contributed by atoms with Gasteiger partial charge in [-0.25, -0.2) is 9.82 Å². The number of aryl methyl sites for hydroxylation is 1. The van der Waals surface area contributed by atoms with Crippen molar-refractivity contribution in [3.63, 3.8) is 0 Å². The summed E-state index contributed by atoms with van der Waals surface area (Å²) >= 11 is 0. The lowest BCUT2D eigenvalue weighted by molar-refractivity contribution is 0.414. The number of nitrogens with one attached hydrogen (secondary N) is 1. The molecule has 0 aliphatic carbocycles. The Morgan fingerprint density at radius 1 is 1.21 bits per heavy atom. The number of hydrogen-bond donors (Lipinski definition) is 2. The number of hydrogen-bond acceptors (Lipinski definition) is 3. The van der Waals surface area contributed by atoms with E-state index in [4.69, 9.17) is 10.6 Å². The highest BCUT2D eigenvalue weighted by Crippen LogP contribution is 2.27. The normalized spacial score (nSPS) is 12.2. The largest absolute Gasteiger partial charge is 0.497 e. The van der Waals surface area contributed by atoms with Gasteiger partial charge in [-0.15, -0.1) is 0 Å². The summed E-state index contributed by atoms with van der Waals surface area (Å²) in [5.41, 5.74) is 5.55. The molecule has 19 heavy (non-hydrogen) atoms. The van der Waals surface area contributed by atoms with Gasteiger partial charge in [-0.2, -0.15) is 0 Å². The summed E-state index contributed by atoms with van der Waals surface area (Å²) in [7, 11) is 1.62. The highest BCUT2D eigenvalue weighted by Gasteiger charge is 2.15. The fourth-order valence-electron chi connectivity index (χ4n) is 2.15. The minimum absolute atomic E-state index is 0.249. The quantitative estimate of drug-likeness (QED) is 0.656. The van der Waals surface area contributed by atoms with E-state index in [1.165, 1.54) is 12.1 Å². The van der Waals surface area contributed by atoms with Crippen molar-refractivity contribution in [3.8, 4) is 5.75 Å². The first-order chi connectivity index (χ1) is 9.15. The summed E-state index contributed by atoms with van der Waals surface area (Å²) in [6.07, 6.45) is 0. The molecular weight excluding hydrogens is 243 g/mol. The minimum atomic E-state index is -0.274. The van der Waals surface area contributed by atoms with E-state index in [2.05, 4.69) is 5.43 Å². The van der Waals surface area contributed by atoms with Gasteiger partial charge in [-0.05, 0) is 47.9 Å². The maximum atomic E-state index is 13.3. The number of nitrogens with two attached hydrogens (primary N) is 1. The van der Waals surface area contributed by atoms with Gasteiger partial charge in [0, 0.05) is 0 Å². The van der Waals surface area contributed by atoms with E-state index < -0.39 is 0 Å². The van der Waals surface area contributed by atoms with Crippen molar-refractivity contribution < 1.29 is 9.13 Å². The van der Waals surface area contributed by atoms with Gasteiger partial charge in [0.1, 0.15) is 11.6 Å². The number of ether oxygens (including phenoxy) is 1. The van der Waals surface area contributed by atoms with Gasteiger partial charge in [0.2, 0.25) is 0 Å². The van der Waals surface area contributed by atoms with Crippen LogP contribution in [0.3, 0.4) is 0 Å². The van der Waals surface area contributed by atoms with Crippen molar-refractivity contribution in [2.45, 2.75) is 13.0 Å². The lowest BCUT2D eigenvalue weighted by atomic mass is 9.95. The second-order valence-electron chi connectivity index (χ2n) is 4.38. The molecule has 1 unspecified atom stereocenters. The van der Waals surface area contributed by atoms with E-state index in [0.29, 0.717) is 0 Å². The molecule has 0 amide bonds. The fraction of sp³-hybridized carbons (Fsp3) is 0.200. The van der Waals surface area contributed by atoms with Crippen LogP contribution < -0.4 is 16.0 Å². The first-order valence-corrected chi connectivity index (χ1v) is 6.02. The van der Waals surface area contributed by atoms with Crippen LogP contribution in [0.2, 0.25) is 0 Å². The smallest absolute Gasteiger partial charge is 0.123 e. The molecule has 100 valence electrons. The third-order valence-electron chi connectivity index (χ3n) is 3.14. The van der Waals surface area contributed by atoms with Crippen LogP contribution in [-0.4, -0.2) is 7.11 Å². The zero-order chi connectivity index (χ0) is 13.8. The summed E-state index contributed by atoms with van der Waals surface area (Å²) < 4.78 is 18.5. The zero-order valence-corrected chi connectivity index (χ0v) is 11.0. The van der Waals surface area contributed by atoms with Crippen LogP contribution in [0.15, 0.2) is 42.5 Å². The molecular formula is C15H17FN2O. The summed E-state index contributed by atoms with van der Waals surface area (Å²) in [4.78, 5) is 0. The van der Waals surface area contributed by atoms with E-state index >= 15 is 0 Å². The summed E-state index contributed by atoms with van der Waals surface area (Å²) in [5.74, 6) is 6.14. The molecule has 0 fully saturated rings. The van der Waals surface area contributed by atoms with Gasteiger partial charge in [-0.1, -0.05) is 18.2 Å². The zero-order valence-electron chi connectivity index (χ0n) is 11.0. The van der Waals surface area contributed by atoms with Crippen molar-refractivity contribution in [2.24, 2.45) is 5.84 Å². The molecule has 0 aliphatic heterocycles. The van der Waals surface area contributed by atoms with Crippen LogP contribution in [0.25, 0.3) is 0 Å². The Kier molecular flexibility index (Phi) is 4.14. The van der Waals surface area contributed by atoms with Gasteiger partial charge >= 0.3 is 0 Å². The third-order valence-corrected chi connectivity index (χ3v) is 3.14.